The second-order valence-corrected chi connectivity index (χ2v) is 17.7. The number of esters is 1. The smallest absolute Gasteiger partial charge is 0.453 e. The van der Waals surface area contributed by atoms with Crippen molar-refractivity contribution in [1.29, 1.82) is 0 Å². The number of H-pyrrole nitrogens is 2. The molecule has 3 aromatic heterocycles. The van der Waals surface area contributed by atoms with E-state index in [9.17, 15) is 37.1 Å². The lowest BCUT2D eigenvalue weighted by Gasteiger charge is -2.35. The number of ether oxygens (including phenoxy) is 2. The van der Waals surface area contributed by atoms with Crippen molar-refractivity contribution < 1.29 is 46.6 Å². The number of carbonyl (C=O) groups is 5. The van der Waals surface area contributed by atoms with Gasteiger partial charge in [0.25, 0.3) is 0 Å². The standard InChI is InChI=1S/C45H51F3N10O7/c1-24(2)35(56(6)43(63)65-41(61)45(46,47)48)39(59)57-18-8-10-33(57)37-50-22-31(53-37)26-14-12-25(13-15-26)30-21-49-29-20-27(16-17-28(29)52-30)32-23-51-38(54-32)34-11-9-19-58(34)40(60)36(44(3,4)5)55-42(62)64-7/h12-17,20-24,33-36H,8-11,18-19H2,1-7H3,(H,50,53)(H,51,54)(H,55,62)/t33-,34-,35-,36-/m0/s1. The highest BCUT2D eigenvalue weighted by Crippen LogP contribution is 2.36. The van der Waals surface area contributed by atoms with Gasteiger partial charge in [-0.15, -0.1) is 0 Å². The summed E-state index contributed by atoms with van der Waals surface area (Å²) in [6.45, 7) is 9.84. The minimum absolute atomic E-state index is 0.196. The maximum Gasteiger partial charge on any atom is 0.491 e. The van der Waals surface area contributed by atoms with Crippen LogP contribution in [0.5, 0.6) is 0 Å². The molecule has 3 N–H and O–H groups in total. The summed E-state index contributed by atoms with van der Waals surface area (Å²) in [6, 6.07) is 10.6. The van der Waals surface area contributed by atoms with Crippen LogP contribution in [0.3, 0.4) is 0 Å². The van der Waals surface area contributed by atoms with Crippen LogP contribution in [0.2, 0.25) is 0 Å². The number of aromatic amines is 2. The van der Waals surface area contributed by atoms with E-state index in [0.29, 0.717) is 60.0 Å². The van der Waals surface area contributed by atoms with Gasteiger partial charge in [0.2, 0.25) is 11.8 Å². The van der Waals surface area contributed by atoms with Gasteiger partial charge >= 0.3 is 24.3 Å². The third kappa shape index (κ3) is 9.80. The molecule has 2 fully saturated rings. The number of methoxy groups -OCH3 is 1. The lowest BCUT2D eigenvalue weighted by Crippen LogP contribution is -2.54. The molecule has 0 spiro atoms. The van der Waals surface area contributed by atoms with Gasteiger partial charge in [-0.2, -0.15) is 13.2 Å². The summed E-state index contributed by atoms with van der Waals surface area (Å²) < 4.78 is 47.1. The first-order valence-corrected chi connectivity index (χ1v) is 21.2. The molecule has 2 saturated heterocycles. The highest BCUT2D eigenvalue weighted by Gasteiger charge is 2.46. The van der Waals surface area contributed by atoms with Gasteiger partial charge in [-0.05, 0) is 49.1 Å². The highest BCUT2D eigenvalue weighted by atomic mass is 19.4. The maximum atomic E-state index is 13.8. The molecule has 4 amide bonds. The van der Waals surface area contributed by atoms with Crippen LogP contribution in [0.15, 0.2) is 61.1 Å². The van der Waals surface area contributed by atoms with Crippen LogP contribution in [-0.2, 0) is 23.9 Å². The molecule has 0 saturated carbocycles. The maximum absolute atomic E-state index is 13.8. The number of carbonyl (C=O) groups excluding carboxylic acids is 5. The van der Waals surface area contributed by atoms with Gasteiger partial charge in [0.05, 0.1) is 59.7 Å². The fourth-order valence-electron chi connectivity index (χ4n) is 8.45. The normalized spacial score (nSPS) is 17.6. The van der Waals surface area contributed by atoms with Crippen molar-refractivity contribution >= 4 is 41.0 Å². The molecule has 0 radical (unpaired) electrons. The third-order valence-corrected chi connectivity index (χ3v) is 11.8. The number of likely N-dealkylation sites (N-methyl/N-ethyl adjacent to an activating group) is 1. The Morgan fingerprint density at radius 2 is 1.43 bits per heavy atom. The fourth-order valence-corrected chi connectivity index (χ4v) is 8.45. The van der Waals surface area contributed by atoms with Crippen molar-refractivity contribution in [3.8, 4) is 33.8 Å². The number of benzene rings is 2. The zero-order valence-corrected chi connectivity index (χ0v) is 37.0. The molecule has 0 bridgehead atoms. The second kappa shape index (κ2) is 18.3. The number of nitrogens with zero attached hydrogens (tertiary/aromatic N) is 7. The molecule has 2 aliphatic heterocycles. The summed E-state index contributed by atoms with van der Waals surface area (Å²) in [7, 11) is 2.39. The minimum Gasteiger partial charge on any atom is -0.453 e. The van der Waals surface area contributed by atoms with E-state index in [1.54, 1.807) is 42.2 Å². The first-order chi connectivity index (χ1) is 30.7. The Hall–Kier alpha value is -6.86. The molecule has 65 heavy (non-hydrogen) atoms. The molecule has 17 nitrogen and oxygen atoms in total. The second-order valence-electron chi connectivity index (χ2n) is 17.7. The number of alkyl carbamates (subject to hydrolysis) is 1. The highest BCUT2D eigenvalue weighted by molar-refractivity contribution is 5.91. The molecule has 5 aromatic rings. The van der Waals surface area contributed by atoms with Gasteiger partial charge in [-0.3, -0.25) is 19.5 Å². The van der Waals surface area contributed by atoms with Crippen LogP contribution in [0, 0.1) is 11.3 Å². The van der Waals surface area contributed by atoms with Gasteiger partial charge in [0.1, 0.15) is 23.7 Å². The number of aromatic nitrogens is 6. The molecule has 2 aliphatic rings. The van der Waals surface area contributed by atoms with Gasteiger partial charge in [0.15, 0.2) is 0 Å². The number of hydrogen-bond donors (Lipinski definition) is 3. The predicted octanol–water partition coefficient (Wildman–Crippen LogP) is 7.36. The number of likely N-dealkylation sites (tertiary alicyclic amines) is 2. The minimum atomic E-state index is -5.37. The Morgan fingerprint density at radius 3 is 2.05 bits per heavy atom. The monoisotopic (exact) mass is 900 g/mol. The largest absolute Gasteiger partial charge is 0.491 e. The number of alkyl halides is 3. The summed E-state index contributed by atoms with van der Waals surface area (Å²) in [6.07, 6.45) is 0.263. The number of nitrogens with one attached hydrogen (secondary N) is 3. The van der Waals surface area contributed by atoms with E-state index in [-0.39, 0.29) is 11.9 Å². The molecule has 7 rings (SSSR count). The average Bonchev–Trinajstić information content (AvgIpc) is 4.11. The lowest BCUT2D eigenvalue weighted by atomic mass is 9.85. The van der Waals surface area contributed by atoms with Crippen LogP contribution in [0.4, 0.5) is 22.8 Å². The van der Waals surface area contributed by atoms with Gasteiger partial charge in [-0.1, -0.05) is 65.0 Å². The van der Waals surface area contributed by atoms with Crippen molar-refractivity contribution in [3.05, 3.63) is 72.7 Å². The number of hydrogen-bond acceptors (Lipinski definition) is 11. The van der Waals surface area contributed by atoms with Crippen molar-refractivity contribution in [1.82, 2.24) is 49.9 Å². The number of imidazole rings is 2. The zero-order chi connectivity index (χ0) is 47.0. The van der Waals surface area contributed by atoms with Gasteiger partial charge < -0.3 is 34.6 Å². The van der Waals surface area contributed by atoms with E-state index in [1.165, 1.54) is 7.11 Å². The van der Waals surface area contributed by atoms with E-state index in [4.69, 9.17) is 19.7 Å². The van der Waals surface area contributed by atoms with Crippen LogP contribution in [-0.4, -0.2) is 120 Å². The first kappa shape index (κ1) is 46.1. The number of rotatable bonds is 10. The topological polar surface area (TPSA) is 209 Å². The Morgan fingerprint density at radius 1 is 0.815 bits per heavy atom. The quantitative estimate of drug-likeness (QED) is 0.0932. The van der Waals surface area contributed by atoms with E-state index >= 15 is 0 Å². The van der Waals surface area contributed by atoms with E-state index in [0.717, 1.165) is 47.2 Å². The van der Waals surface area contributed by atoms with Gasteiger partial charge in [0, 0.05) is 43.0 Å². The summed E-state index contributed by atoms with van der Waals surface area (Å²) in [5.41, 5.74) is 5.28. The van der Waals surface area contributed by atoms with Crippen LogP contribution in [0.1, 0.15) is 84.0 Å². The van der Waals surface area contributed by atoms with E-state index in [2.05, 4.69) is 25.0 Å². The van der Waals surface area contributed by atoms with Gasteiger partial charge in [-0.25, -0.2) is 29.3 Å². The SMILES string of the molecule is COC(=O)N[C@@H](C(=O)N1CCC[C@H]1c1ncc(-c2ccc3nc(-c4ccc(-c5c[nH]c([C@@H]6CCCN6C(=O)[C@H](C(C)C)N(C)C(=O)OC(=O)C(F)(F)F)n5)cc4)cnc3c2)[nH]1)C(C)(C)C. The van der Waals surface area contributed by atoms with Crippen molar-refractivity contribution in [2.24, 2.45) is 11.3 Å². The fraction of sp³-hybridized carbons (Fsp3) is 0.444. The van der Waals surface area contributed by atoms with E-state index in [1.807, 2.05) is 63.2 Å². The van der Waals surface area contributed by atoms with Crippen molar-refractivity contribution in [2.45, 2.75) is 90.6 Å². The molecule has 4 atom stereocenters. The van der Waals surface area contributed by atoms with E-state index < -0.39 is 59.7 Å². The van der Waals surface area contributed by atoms with Crippen LogP contribution >= 0.6 is 0 Å². The van der Waals surface area contributed by atoms with Crippen molar-refractivity contribution in [3.63, 3.8) is 0 Å². The molecular weight excluding hydrogens is 850 g/mol. The summed E-state index contributed by atoms with van der Waals surface area (Å²) >= 11 is 0. The summed E-state index contributed by atoms with van der Waals surface area (Å²) in [5, 5.41) is 2.71. The third-order valence-electron chi connectivity index (χ3n) is 11.8. The molecule has 20 heteroatoms. The van der Waals surface area contributed by atoms with Crippen LogP contribution in [0.25, 0.3) is 44.8 Å². The Balaban J connectivity index is 1.02. The molecular formula is C45H51F3N10O7. The molecule has 2 aromatic carbocycles. The average molecular weight is 901 g/mol. The number of fused-ring (bicyclic) bond motifs is 1. The van der Waals surface area contributed by atoms with Crippen molar-refractivity contribution in [2.75, 3.05) is 27.2 Å². The molecule has 0 unspecified atom stereocenters. The number of halogens is 3. The molecule has 344 valence electrons. The Labute approximate surface area is 372 Å². The number of amides is 4. The summed E-state index contributed by atoms with van der Waals surface area (Å²) in [4.78, 5) is 93.2. The van der Waals surface area contributed by atoms with Crippen LogP contribution < -0.4 is 5.32 Å². The Kier molecular flexibility index (Phi) is 13.0. The Bertz CT molecular complexity index is 2590. The lowest BCUT2D eigenvalue weighted by molar-refractivity contribution is -0.194. The summed E-state index contributed by atoms with van der Waals surface area (Å²) in [5.74, 6) is -2.71. The molecule has 5 heterocycles. The zero-order valence-electron chi connectivity index (χ0n) is 37.0. The predicted molar refractivity (Wildman–Crippen MR) is 230 cm³/mol. The first-order valence-electron chi connectivity index (χ1n) is 21.2. The molecule has 0 aliphatic carbocycles.